The van der Waals surface area contributed by atoms with Crippen molar-refractivity contribution in [3.8, 4) is 0 Å². The molecular formula is C15H30N2. The van der Waals surface area contributed by atoms with Crippen LogP contribution in [-0.2, 0) is 0 Å². The van der Waals surface area contributed by atoms with Crippen LogP contribution in [0.1, 0.15) is 46.0 Å². The molecular weight excluding hydrogens is 208 g/mol. The van der Waals surface area contributed by atoms with Gasteiger partial charge in [0, 0.05) is 19.6 Å². The van der Waals surface area contributed by atoms with Crippen LogP contribution in [0.3, 0.4) is 0 Å². The summed E-state index contributed by atoms with van der Waals surface area (Å²) >= 11 is 0. The fraction of sp³-hybridized carbons (Fsp3) is 1.00. The largest absolute Gasteiger partial charge is 0.319 e. The Kier molecular flexibility index (Phi) is 4.48. The summed E-state index contributed by atoms with van der Waals surface area (Å²) < 4.78 is 0. The van der Waals surface area contributed by atoms with Crippen LogP contribution in [0.2, 0.25) is 0 Å². The zero-order valence-corrected chi connectivity index (χ0v) is 12.0. The van der Waals surface area contributed by atoms with E-state index in [2.05, 4.69) is 31.1 Å². The molecule has 2 aliphatic rings. The first-order valence-electron chi connectivity index (χ1n) is 7.48. The number of hydrogen-bond donors (Lipinski definition) is 1. The van der Waals surface area contributed by atoms with Crippen molar-refractivity contribution in [1.29, 1.82) is 0 Å². The Labute approximate surface area is 107 Å². The Hall–Kier alpha value is -0.0800. The van der Waals surface area contributed by atoms with Gasteiger partial charge >= 0.3 is 0 Å². The molecule has 1 aliphatic carbocycles. The third-order valence-electron chi connectivity index (χ3n) is 4.68. The van der Waals surface area contributed by atoms with E-state index in [9.17, 15) is 0 Å². The molecule has 0 aromatic rings. The second-order valence-corrected chi connectivity index (χ2v) is 7.02. The highest BCUT2D eigenvalue weighted by molar-refractivity contribution is 4.86. The number of nitrogens with zero attached hydrogens (tertiary/aromatic N) is 1. The topological polar surface area (TPSA) is 15.3 Å². The van der Waals surface area contributed by atoms with E-state index in [0.29, 0.717) is 5.41 Å². The van der Waals surface area contributed by atoms with Crippen molar-refractivity contribution < 1.29 is 0 Å². The predicted molar refractivity (Wildman–Crippen MR) is 74.2 cm³/mol. The molecule has 1 heterocycles. The summed E-state index contributed by atoms with van der Waals surface area (Å²) in [6, 6.07) is 0. The molecule has 2 fully saturated rings. The minimum Gasteiger partial charge on any atom is -0.319 e. The maximum Gasteiger partial charge on any atom is 0.00449 e. The minimum atomic E-state index is 0.413. The van der Waals surface area contributed by atoms with Crippen LogP contribution in [0.25, 0.3) is 0 Å². The van der Waals surface area contributed by atoms with E-state index in [-0.39, 0.29) is 0 Å². The summed E-state index contributed by atoms with van der Waals surface area (Å²) in [5, 5.41) is 3.33. The monoisotopic (exact) mass is 238 g/mol. The molecule has 17 heavy (non-hydrogen) atoms. The minimum absolute atomic E-state index is 0.413. The maximum atomic E-state index is 3.33. The summed E-state index contributed by atoms with van der Waals surface area (Å²) in [6.45, 7) is 9.87. The highest BCUT2D eigenvalue weighted by Gasteiger charge is 2.32. The maximum absolute atomic E-state index is 3.33. The molecule has 2 rings (SSSR count). The van der Waals surface area contributed by atoms with Crippen LogP contribution in [0.5, 0.6) is 0 Å². The summed E-state index contributed by atoms with van der Waals surface area (Å²) in [7, 11) is 2.06. The lowest BCUT2D eigenvalue weighted by Gasteiger charge is -2.43. The molecule has 1 saturated carbocycles. The highest BCUT2D eigenvalue weighted by Crippen LogP contribution is 2.36. The van der Waals surface area contributed by atoms with Crippen molar-refractivity contribution in [3.63, 3.8) is 0 Å². The molecule has 0 amide bonds. The zero-order valence-electron chi connectivity index (χ0n) is 12.0. The molecule has 2 heteroatoms. The number of fused-ring (bicyclic) bond motifs is 1. The summed E-state index contributed by atoms with van der Waals surface area (Å²) in [5.74, 6) is 2.08. The summed E-state index contributed by atoms with van der Waals surface area (Å²) in [5.41, 5.74) is 0.413. The Balaban J connectivity index is 1.83. The van der Waals surface area contributed by atoms with Crippen LogP contribution < -0.4 is 5.32 Å². The van der Waals surface area contributed by atoms with Crippen molar-refractivity contribution in [1.82, 2.24) is 10.2 Å². The third-order valence-corrected chi connectivity index (χ3v) is 4.68. The fourth-order valence-corrected chi connectivity index (χ4v) is 3.96. The van der Waals surface area contributed by atoms with E-state index in [1.54, 1.807) is 0 Å². The lowest BCUT2D eigenvalue weighted by Crippen LogP contribution is -2.47. The second kappa shape index (κ2) is 5.71. The van der Waals surface area contributed by atoms with Gasteiger partial charge in [0.25, 0.3) is 0 Å². The lowest BCUT2D eigenvalue weighted by molar-refractivity contribution is 0.0608. The number of hydrogen-bond acceptors (Lipinski definition) is 2. The average molecular weight is 238 g/mol. The molecule has 1 aliphatic heterocycles. The van der Waals surface area contributed by atoms with Crippen LogP contribution in [0.15, 0.2) is 0 Å². The molecule has 0 spiro atoms. The number of likely N-dealkylation sites (tertiary alicyclic amines) is 1. The van der Waals surface area contributed by atoms with Crippen LogP contribution in [0, 0.1) is 17.3 Å². The Morgan fingerprint density at radius 2 is 1.82 bits per heavy atom. The molecule has 2 nitrogen and oxygen atoms in total. The SMILES string of the molecule is CNCC(C)(C)CN1CCC2CCCCC2C1. The molecule has 0 bridgehead atoms. The Bertz CT molecular complexity index is 237. The summed E-state index contributed by atoms with van der Waals surface area (Å²) in [6.07, 6.45) is 7.44. The first kappa shape index (κ1) is 13.4. The van der Waals surface area contributed by atoms with Gasteiger partial charge in [-0.2, -0.15) is 0 Å². The molecule has 1 N–H and O–H groups in total. The van der Waals surface area contributed by atoms with Gasteiger partial charge in [0.15, 0.2) is 0 Å². The second-order valence-electron chi connectivity index (χ2n) is 7.02. The van der Waals surface area contributed by atoms with Crippen molar-refractivity contribution in [2.45, 2.75) is 46.0 Å². The smallest absolute Gasteiger partial charge is 0.00449 e. The number of piperidine rings is 1. The van der Waals surface area contributed by atoms with E-state index in [4.69, 9.17) is 0 Å². The van der Waals surface area contributed by atoms with E-state index in [1.165, 1.54) is 51.7 Å². The summed E-state index contributed by atoms with van der Waals surface area (Å²) in [4.78, 5) is 2.73. The normalized spacial score (nSPS) is 31.2. The molecule has 1 saturated heterocycles. The highest BCUT2D eigenvalue weighted by atomic mass is 15.1. The van der Waals surface area contributed by atoms with Gasteiger partial charge in [0.2, 0.25) is 0 Å². The first-order chi connectivity index (χ1) is 8.11. The van der Waals surface area contributed by atoms with E-state index >= 15 is 0 Å². The molecule has 100 valence electrons. The standard InChI is InChI=1S/C15H30N2/c1-15(2,11-16-3)12-17-9-8-13-6-4-5-7-14(13)10-17/h13-14,16H,4-12H2,1-3H3. The average Bonchev–Trinajstić information content (AvgIpc) is 2.28. The van der Waals surface area contributed by atoms with Gasteiger partial charge in [-0.25, -0.2) is 0 Å². The van der Waals surface area contributed by atoms with Gasteiger partial charge in [-0.1, -0.05) is 33.1 Å². The fourth-order valence-electron chi connectivity index (χ4n) is 3.96. The molecule has 2 unspecified atom stereocenters. The van der Waals surface area contributed by atoms with Gasteiger partial charge in [-0.3, -0.25) is 0 Å². The molecule has 2 atom stereocenters. The van der Waals surface area contributed by atoms with Gasteiger partial charge in [-0.05, 0) is 43.7 Å². The van der Waals surface area contributed by atoms with E-state index in [1.807, 2.05) is 0 Å². The van der Waals surface area contributed by atoms with Gasteiger partial charge in [0.05, 0.1) is 0 Å². The first-order valence-corrected chi connectivity index (χ1v) is 7.48. The number of nitrogens with one attached hydrogen (secondary N) is 1. The predicted octanol–water partition coefficient (Wildman–Crippen LogP) is 2.74. The quantitative estimate of drug-likeness (QED) is 0.810. The van der Waals surface area contributed by atoms with Crippen molar-refractivity contribution in [3.05, 3.63) is 0 Å². The van der Waals surface area contributed by atoms with Gasteiger partial charge in [0.1, 0.15) is 0 Å². The van der Waals surface area contributed by atoms with Gasteiger partial charge < -0.3 is 10.2 Å². The molecule has 0 aromatic carbocycles. The van der Waals surface area contributed by atoms with E-state index < -0.39 is 0 Å². The Morgan fingerprint density at radius 3 is 2.53 bits per heavy atom. The van der Waals surface area contributed by atoms with Crippen LogP contribution in [0.4, 0.5) is 0 Å². The van der Waals surface area contributed by atoms with Crippen molar-refractivity contribution in [2.24, 2.45) is 17.3 Å². The van der Waals surface area contributed by atoms with Crippen LogP contribution in [-0.4, -0.2) is 38.1 Å². The lowest BCUT2D eigenvalue weighted by atomic mass is 9.74. The van der Waals surface area contributed by atoms with E-state index in [0.717, 1.165) is 18.4 Å². The third kappa shape index (κ3) is 3.69. The van der Waals surface area contributed by atoms with Gasteiger partial charge in [-0.15, -0.1) is 0 Å². The molecule has 0 radical (unpaired) electrons. The van der Waals surface area contributed by atoms with Crippen LogP contribution >= 0.6 is 0 Å². The molecule has 0 aromatic heterocycles. The number of rotatable bonds is 4. The van der Waals surface area contributed by atoms with Crippen molar-refractivity contribution >= 4 is 0 Å². The zero-order chi connectivity index (χ0) is 12.3. The van der Waals surface area contributed by atoms with Crippen molar-refractivity contribution in [2.75, 3.05) is 33.2 Å². The Morgan fingerprint density at radius 1 is 1.12 bits per heavy atom.